The van der Waals surface area contributed by atoms with Gasteiger partial charge in [0, 0.05) is 59.7 Å². The number of hydrogen-bond donors (Lipinski definition) is 0. The lowest BCUT2D eigenvalue weighted by molar-refractivity contribution is 0.295. The molecule has 0 saturated carbocycles. The van der Waals surface area contributed by atoms with Gasteiger partial charge in [-0.3, -0.25) is 0 Å². The van der Waals surface area contributed by atoms with Crippen LogP contribution in [0.1, 0.15) is 464 Å². The number of hydrogen-bond acceptors (Lipinski definition) is 13. The Morgan fingerprint density at radius 1 is 0.150 bits per heavy atom. The maximum absolute atomic E-state index is 11.1. The van der Waals surface area contributed by atoms with Gasteiger partial charge in [0.25, 0.3) is 0 Å². The third-order valence-corrected chi connectivity index (χ3v) is 24.5. The Morgan fingerprint density at radius 3 is 0.514 bits per heavy atom. The fraction of sp³-hybridized carbons (Fsp3) is 0.567. The number of unbranched alkanes of at least 4 members (excludes halogenated alkanes) is 36. The minimum atomic E-state index is 0.379. The molecule has 0 atom stereocenters. The Kier molecular flexibility index (Phi) is 62.0. The van der Waals surface area contributed by atoms with E-state index in [9.17, 15) is 5.26 Å². The Morgan fingerprint density at radius 2 is 0.321 bits per heavy atom. The van der Waals surface area contributed by atoms with Gasteiger partial charge in [-0.25, -0.2) is 0 Å². The van der Waals surface area contributed by atoms with Crippen LogP contribution in [0.15, 0.2) is 103 Å². The Bertz CT molecular complexity index is 5110. The van der Waals surface area contributed by atoms with Crippen LogP contribution in [0, 0.1) is 82.4 Å². The Labute approximate surface area is 849 Å². The molecule has 0 aliphatic carbocycles. The fourth-order valence-corrected chi connectivity index (χ4v) is 15.8. The van der Waals surface area contributed by atoms with E-state index in [4.69, 9.17) is 56.8 Å². The average molecular weight is 1910 g/mol. The minimum absolute atomic E-state index is 0.379. The van der Waals surface area contributed by atoms with E-state index in [1.807, 2.05) is 103 Å². The predicted octanol–water partition coefficient (Wildman–Crippen LogP) is 33.5. The summed E-state index contributed by atoms with van der Waals surface area (Å²) in [4.78, 5) is 0. The molecule has 0 aromatic heterocycles. The first-order valence-electron chi connectivity index (χ1n) is 55.2. The van der Waals surface area contributed by atoms with Crippen molar-refractivity contribution in [1.29, 1.82) is 5.26 Å². The maximum atomic E-state index is 11.1. The van der Waals surface area contributed by atoms with Crippen LogP contribution in [0.25, 0.3) is 0 Å². The van der Waals surface area contributed by atoms with Crippen LogP contribution in [0.3, 0.4) is 0 Å². The minimum Gasteiger partial charge on any atom is -0.494 e. The van der Waals surface area contributed by atoms with Gasteiger partial charge in [0.2, 0.25) is 0 Å². The average Bonchev–Trinajstić information content (AvgIpc) is 0.811. The molecule has 0 fully saturated rings. The van der Waals surface area contributed by atoms with E-state index < -0.39 is 0 Å². The van der Waals surface area contributed by atoms with E-state index in [1.165, 1.54) is 38.5 Å². The van der Waals surface area contributed by atoms with Crippen LogP contribution < -0.4 is 56.8 Å². The van der Waals surface area contributed by atoms with Crippen molar-refractivity contribution in [2.75, 3.05) is 79.3 Å². The summed E-state index contributed by atoms with van der Waals surface area (Å²) in [6.45, 7) is 33.2. The zero-order chi connectivity index (χ0) is 99.6. The van der Waals surface area contributed by atoms with Crippen molar-refractivity contribution in [3.8, 4) is 146 Å². The molecule has 13 nitrogen and oxygen atoms in total. The second-order valence-corrected chi connectivity index (χ2v) is 37.0. The molecule has 0 spiro atoms. The van der Waals surface area contributed by atoms with Gasteiger partial charge in [0.15, 0.2) is 0 Å². The van der Waals surface area contributed by atoms with Crippen molar-refractivity contribution >= 4 is 0 Å². The van der Waals surface area contributed by atoms with Crippen molar-refractivity contribution in [1.82, 2.24) is 0 Å². The topological polar surface area (TPSA) is 135 Å². The summed E-state index contributed by atoms with van der Waals surface area (Å²) in [6, 6.07) is 36.1. The predicted molar refractivity (Wildman–Crippen MR) is 581 cm³/mol. The van der Waals surface area contributed by atoms with E-state index in [1.54, 1.807) is 0 Å². The lowest BCUT2D eigenvalue weighted by atomic mass is 10.0. The third kappa shape index (κ3) is 46.6. The monoisotopic (exact) mass is 1900 g/mol. The molecular weight excluding hydrogens is 1730 g/mol. The quantitative estimate of drug-likeness (QED) is 0.0265. The summed E-state index contributed by atoms with van der Waals surface area (Å²) in [5, 5.41) is 11.1. The molecule has 0 bridgehead atoms. The van der Waals surface area contributed by atoms with Crippen LogP contribution >= 0.6 is 0 Å². The van der Waals surface area contributed by atoms with Crippen molar-refractivity contribution in [3.63, 3.8) is 0 Å². The van der Waals surface area contributed by atoms with Crippen LogP contribution in [0.5, 0.6) is 69.0 Å². The summed E-state index contributed by atoms with van der Waals surface area (Å²) in [5.41, 5.74) is 8.41. The van der Waals surface area contributed by atoms with Gasteiger partial charge in [-0.1, -0.05) is 385 Å². The van der Waals surface area contributed by atoms with Crippen LogP contribution in [0.2, 0.25) is 0 Å². The van der Waals surface area contributed by atoms with E-state index >= 15 is 0 Å². The van der Waals surface area contributed by atoms with Gasteiger partial charge in [-0.05, 0) is 132 Å². The maximum Gasteiger partial charge on any atom is 0.136 e. The highest BCUT2D eigenvalue weighted by Gasteiger charge is 2.20. The molecule has 140 heavy (non-hydrogen) atoms. The summed E-state index contributed by atoms with van der Waals surface area (Å²) in [6.07, 6.45) is 50.8. The second kappa shape index (κ2) is 74.9. The Balaban J connectivity index is 1.36. The van der Waals surface area contributed by atoms with E-state index in [2.05, 4.69) is 160 Å². The summed E-state index contributed by atoms with van der Waals surface area (Å²) in [5.74, 6) is 50.3. The SMILES string of the molecule is CCCCCCOc1ccc(OCCCCCC)c(C#Cc2cc(OCCCCCC)c(C#Cc3cc(OCCCCCC)c(C#Cc4ccc(C#Cc5cc(OCCCCCC)c(C#Cc6cc(OCCCCCC)c(C#Cc7cc(OCCCCCC)ccc7OCCCCCC)cc6OCCCCCC)cc5OCCCCCC)c(C#N)c4)cc3OCCCCCC)cc2OCCCCCC)c1. The molecule has 0 unspecified atom stereocenters. The second-order valence-electron chi connectivity index (χ2n) is 37.0. The lowest BCUT2D eigenvalue weighted by Crippen LogP contribution is -2.04. The van der Waals surface area contributed by atoms with Crippen LogP contribution in [-0.4, -0.2) is 79.3 Å². The first-order valence-corrected chi connectivity index (χ1v) is 55.2. The van der Waals surface area contributed by atoms with Gasteiger partial charge in [-0.15, -0.1) is 0 Å². The highest BCUT2D eigenvalue weighted by molar-refractivity contribution is 5.68. The number of nitriles is 1. The smallest absolute Gasteiger partial charge is 0.136 e. The van der Waals surface area contributed by atoms with Crippen molar-refractivity contribution < 1.29 is 56.8 Å². The van der Waals surface area contributed by atoms with Gasteiger partial charge in [-0.2, -0.15) is 5.26 Å². The molecular formula is C127H173NO12. The van der Waals surface area contributed by atoms with E-state index in [0.717, 1.165) is 304 Å². The van der Waals surface area contributed by atoms with E-state index in [-0.39, 0.29) is 0 Å². The number of benzene rings is 7. The summed E-state index contributed by atoms with van der Waals surface area (Å²) in [7, 11) is 0. The zero-order valence-electron chi connectivity index (χ0n) is 88.6. The molecule has 0 N–H and O–H groups in total. The standard InChI is InChI=1S/C127H173NO12/c1-13-25-37-49-79-129-116-75-77-118(131-81-51-39-27-15-3)105(92-116)67-69-109-97-126(139-89-59-47-35-23-11)113(100-124(109)137-87-57-45-33-21-9)72-71-111-96-120(133-83-53-41-29-17-5)107(94-121(111)134-84-54-42-30-18-6)64-62-103-61-63-104(115(91-103)102-128)65-66-108-95-123(136-86-56-44-32-20-8)112(99-122(108)135-85-55-43-31-19-7)73-74-114-101-125(138-88-58-46-34-22-10)110(98-127(114)140-90-60-48-36-24-12)70-68-106-93-117(130-80-50-38-26-14-2)76-78-119(106)132-82-52-40-28-16-4/h61,63,75-78,91-101H,13-60,79-90H2,1-12H3. The number of ether oxygens (including phenoxy) is 12. The van der Waals surface area contributed by atoms with E-state index in [0.29, 0.717) is 186 Å². The molecule has 0 saturated heterocycles. The molecule has 0 aliphatic rings. The zero-order valence-corrected chi connectivity index (χ0v) is 88.6. The molecule has 0 radical (unpaired) electrons. The number of rotatable bonds is 72. The molecule has 7 aromatic rings. The van der Waals surface area contributed by atoms with Crippen LogP contribution in [0.4, 0.5) is 0 Å². The normalized spacial score (nSPS) is 10.7. The summed E-state index contributed by atoms with van der Waals surface area (Å²) < 4.78 is 80.2. The molecule has 13 heteroatoms. The molecule has 0 aliphatic heterocycles. The van der Waals surface area contributed by atoms with Crippen molar-refractivity contribution in [2.45, 2.75) is 391 Å². The highest BCUT2D eigenvalue weighted by atomic mass is 16.5. The highest BCUT2D eigenvalue weighted by Crippen LogP contribution is 2.37. The fourth-order valence-electron chi connectivity index (χ4n) is 15.8. The van der Waals surface area contributed by atoms with Crippen LogP contribution in [-0.2, 0) is 0 Å². The van der Waals surface area contributed by atoms with Crippen molar-refractivity contribution in [3.05, 3.63) is 175 Å². The first-order chi connectivity index (χ1) is 69.0. The first kappa shape index (κ1) is 116. The lowest BCUT2D eigenvalue weighted by Gasteiger charge is -2.15. The largest absolute Gasteiger partial charge is 0.494 e. The van der Waals surface area contributed by atoms with Crippen molar-refractivity contribution in [2.24, 2.45) is 0 Å². The summed E-state index contributed by atoms with van der Waals surface area (Å²) >= 11 is 0. The third-order valence-electron chi connectivity index (χ3n) is 24.5. The van der Waals surface area contributed by atoms with Gasteiger partial charge in [0.1, 0.15) is 75.1 Å². The van der Waals surface area contributed by atoms with Gasteiger partial charge < -0.3 is 56.8 Å². The molecule has 0 amide bonds. The van der Waals surface area contributed by atoms with Gasteiger partial charge in [0.05, 0.1) is 140 Å². The Hall–Kier alpha value is -11.0. The molecule has 7 aromatic carbocycles. The molecule has 758 valence electrons. The molecule has 7 rings (SSSR count). The van der Waals surface area contributed by atoms with Gasteiger partial charge >= 0.3 is 0 Å². The number of nitrogens with zero attached hydrogens (tertiary/aromatic N) is 1. The molecule has 0 heterocycles.